The van der Waals surface area contributed by atoms with Crippen molar-refractivity contribution in [1.82, 2.24) is 15.6 Å². The second-order valence-electron chi connectivity index (χ2n) is 4.21. The molecule has 0 aromatic heterocycles. The van der Waals surface area contributed by atoms with Crippen LogP contribution in [0.2, 0.25) is 0 Å². The van der Waals surface area contributed by atoms with Gasteiger partial charge in [-0.15, -0.1) is 0 Å². The zero-order chi connectivity index (χ0) is 11.3. The first kappa shape index (κ1) is 12.3. The SMILES string of the molecule is CCN[C@H]1CC[C@H](NC(=N)N(C)N)CC1. The molecule has 0 radical (unpaired) electrons. The molecule has 1 saturated carbocycles. The average Bonchev–Trinajstić information content (AvgIpc) is 2.21. The van der Waals surface area contributed by atoms with Gasteiger partial charge in [0.25, 0.3) is 0 Å². The van der Waals surface area contributed by atoms with Crippen molar-refractivity contribution in [2.75, 3.05) is 13.6 Å². The summed E-state index contributed by atoms with van der Waals surface area (Å²) in [5.74, 6) is 5.77. The lowest BCUT2D eigenvalue weighted by Gasteiger charge is -2.31. The van der Waals surface area contributed by atoms with E-state index in [9.17, 15) is 0 Å². The lowest BCUT2D eigenvalue weighted by atomic mass is 9.91. The van der Waals surface area contributed by atoms with Crippen LogP contribution in [0.1, 0.15) is 32.6 Å². The summed E-state index contributed by atoms with van der Waals surface area (Å²) in [4.78, 5) is 0. The van der Waals surface area contributed by atoms with E-state index >= 15 is 0 Å². The monoisotopic (exact) mass is 213 g/mol. The van der Waals surface area contributed by atoms with Gasteiger partial charge in [-0.2, -0.15) is 0 Å². The largest absolute Gasteiger partial charge is 0.353 e. The van der Waals surface area contributed by atoms with Gasteiger partial charge in [0.1, 0.15) is 0 Å². The van der Waals surface area contributed by atoms with E-state index in [1.54, 1.807) is 7.05 Å². The van der Waals surface area contributed by atoms with Gasteiger partial charge in [-0.05, 0) is 32.2 Å². The molecule has 5 N–H and O–H groups in total. The quantitative estimate of drug-likeness (QED) is 0.234. The van der Waals surface area contributed by atoms with Crippen molar-refractivity contribution < 1.29 is 0 Å². The Labute approximate surface area is 91.9 Å². The number of nitrogens with one attached hydrogen (secondary N) is 3. The molecule has 1 rings (SSSR count). The number of rotatable bonds is 3. The van der Waals surface area contributed by atoms with Crippen molar-refractivity contribution >= 4 is 5.96 Å². The molecule has 0 heterocycles. The fourth-order valence-corrected chi connectivity index (χ4v) is 2.03. The third-order valence-electron chi connectivity index (χ3n) is 2.91. The van der Waals surface area contributed by atoms with Gasteiger partial charge in [-0.3, -0.25) is 10.4 Å². The zero-order valence-electron chi connectivity index (χ0n) is 9.71. The number of nitrogens with zero attached hydrogens (tertiary/aromatic N) is 1. The number of hydrogen-bond donors (Lipinski definition) is 4. The van der Waals surface area contributed by atoms with Gasteiger partial charge in [-0.25, -0.2) is 5.84 Å². The minimum Gasteiger partial charge on any atom is -0.353 e. The summed E-state index contributed by atoms with van der Waals surface area (Å²) in [6, 6.07) is 1.08. The van der Waals surface area contributed by atoms with Crippen LogP contribution in [-0.2, 0) is 0 Å². The molecule has 5 heteroatoms. The van der Waals surface area contributed by atoms with E-state index in [0.717, 1.165) is 19.4 Å². The smallest absolute Gasteiger partial charge is 0.205 e. The Kier molecular flexibility index (Phi) is 4.84. The fourth-order valence-electron chi connectivity index (χ4n) is 2.03. The van der Waals surface area contributed by atoms with Crippen molar-refractivity contribution in [2.45, 2.75) is 44.7 Å². The van der Waals surface area contributed by atoms with E-state index < -0.39 is 0 Å². The maximum absolute atomic E-state index is 7.59. The van der Waals surface area contributed by atoms with Gasteiger partial charge < -0.3 is 10.6 Å². The molecule has 5 nitrogen and oxygen atoms in total. The highest BCUT2D eigenvalue weighted by Gasteiger charge is 2.21. The Balaban J connectivity index is 2.22. The highest BCUT2D eigenvalue weighted by Crippen LogP contribution is 2.18. The maximum atomic E-state index is 7.59. The van der Waals surface area contributed by atoms with Crippen molar-refractivity contribution in [1.29, 1.82) is 5.41 Å². The maximum Gasteiger partial charge on any atom is 0.205 e. The molecule has 0 aliphatic heterocycles. The third kappa shape index (κ3) is 4.05. The molecule has 0 spiro atoms. The first-order valence-electron chi connectivity index (χ1n) is 5.70. The summed E-state index contributed by atoms with van der Waals surface area (Å²) in [5.41, 5.74) is 0. The molecule has 0 unspecified atom stereocenters. The molecule has 0 atom stereocenters. The predicted molar refractivity (Wildman–Crippen MR) is 62.5 cm³/mol. The molecule has 0 amide bonds. The molecular weight excluding hydrogens is 190 g/mol. The Bertz CT molecular complexity index is 196. The molecule has 0 bridgehead atoms. The van der Waals surface area contributed by atoms with Crippen LogP contribution in [-0.4, -0.2) is 36.6 Å². The second kappa shape index (κ2) is 5.92. The first-order chi connectivity index (χ1) is 7.13. The highest BCUT2D eigenvalue weighted by atomic mass is 15.5. The minimum absolute atomic E-state index is 0.307. The Morgan fingerprint density at radius 3 is 2.33 bits per heavy atom. The van der Waals surface area contributed by atoms with E-state index in [2.05, 4.69) is 17.6 Å². The summed E-state index contributed by atoms with van der Waals surface area (Å²) in [6.07, 6.45) is 4.61. The topological polar surface area (TPSA) is 77.2 Å². The molecular formula is C10H23N5. The Hall–Kier alpha value is -0.810. The molecule has 0 saturated heterocycles. The lowest BCUT2D eigenvalue weighted by Crippen LogP contribution is -2.49. The molecule has 1 aliphatic rings. The van der Waals surface area contributed by atoms with Crippen LogP contribution < -0.4 is 16.5 Å². The predicted octanol–water partition coefficient (Wildman–Crippen LogP) is 0.237. The van der Waals surface area contributed by atoms with Crippen LogP contribution in [0.4, 0.5) is 0 Å². The zero-order valence-corrected chi connectivity index (χ0v) is 9.71. The number of hydrogen-bond acceptors (Lipinski definition) is 3. The van der Waals surface area contributed by atoms with Gasteiger partial charge in [0.15, 0.2) is 0 Å². The summed E-state index contributed by atoms with van der Waals surface area (Å²) in [5, 5.41) is 15.5. The molecule has 0 aromatic rings. The number of nitrogens with two attached hydrogens (primary N) is 1. The highest BCUT2D eigenvalue weighted by molar-refractivity contribution is 5.75. The molecule has 0 aromatic carbocycles. The van der Waals surface area contributed by atoms with E-state index in [1.807, 2.05) is 0 Å². The third-order valence-corrected chi connectivity index (χ3v) is 2.91. The van der Waals surface area contributed by atoms with Crippen LogP contribution in [0, 0.1) is 5.41 Å². The summed E-state index contributed by atoms with van der Waals surface area (Å²) < 4.78 is 0. The standard InChI is InChI=1S/C10H23N5/c1-3-13-8-4-6-9(7-5-8)14-10(11)15(2)12/h8-9,13H,3-7,12H2,1-2H3,(H2,11,14)/t8-,9-. The van der Waals surface area contributed by atoms with Crippen LogP contribution in [0.3, 0.4) is 0 Å². The summed E-state index contributed by atoms with van der Waals surface area (Å²) in [7, 11) is 1.68. The molecule has 1 aliphatic carbocycles. The van der Waals surface area contributed by atoms with Crippen molar-refractivity contribution in [3.63, 3.8) is 0 Å². The number of hydrazine groups is 1. The van der Waals surface area contributed by atoms with Gasteiger partial charge in [0, 0.05) is 19.1 Å². The molecule has 1 fully saturated rings. The van der Waals surface area contributed by atoms with Crippen LogP contribution >= 0.6 is 0 Å². The van der Waals surface area contributed by atoms with Gasteiger partial charge in [-0.1, -0.05) is 6.92 Å². The molecule has 15 heavy (non-hydrogen) atoms. The van der Waals surface area contributed by atoms with E-state index in [4.69, 9.17) is 11.3 Å². The fraction of sp³-hybridized carbons (Fsp3) is 0.900. The number of guanidine groups is 1. The lowest BCUT2D eigenvalue weighted by molar-refractivity contribution is 0.324. The average molecular weight is 213 g/mol. The van der Waals surface area contributed by atoms with E-state index in [1.165, 1.54) is 17.9 Å². The van der Waals surface area contributed by atoms with Crippen molar-refractivity contribution in [2.24, 2.45) is 5.84 Å². The van der Waals surface area contributed by atoms with Crippen LogP contribution in [0.15, 0.2) is 0 Å². The normalized spacial score (nSPS) is 26.1. The molecule has 88 valence electrons. The van der Waals surface area contributed by atoms with E-state index in [-0.39, 0.29) is 0 Å². The minimum atomic E-state index is 0.307. The second-order valence-corrected chi connectivity index (χ2v) is 4.21. The Morgan fingerprint density at radius 1 is 1.33 bits per heavy atom. The summed E-state index contributed by atoms with van der Waals surface area (Å²) >= 11 is 0. The first-order valence-corrected chi connectivity index (χ1v) is 5.70. The van der Waals surface area contributed by atoms with Gasteiger partial charge in [0.2, 0.25) is 5.96 Å². The van der Waals surface area contributed by atoms with E-state index in [0.29, 0.717) is 18.0 Å². The van der Waals surface area contributed by atoms with Crippen LogP contribution in [0.5, 0.6) is 0 Å². The summed E-state index contributed by atoms with van der Waals surface area (Å²) in [6.45, 7) is 3.19. The van der Waals surface area contributed by atoms with Crippen LogP contribution in [0.25, 0.3) is 0 Å². The van der Waals surface area contributed by atoms with Gasteiger partial charge >= 0.3 is 0 Å². The Morgan fingerprint density at radius 2 is 1.87 bits per heavy atom. The van der Waals surface area contributed by atoms with Crippen molar-refractivity contribution in [3.05, 3.63) is 0 Å². The van der Waals surface area contributed by atoms with Crippen molar-refractivity contribution in [3.8, 4) is 0 Å². The van der Waals surface area contributed by atoms with Gasteiger partial charge in [0.05, 0.1) is 0 Å².